The Bertz CT molecular complexity index is 1060. The van der Waals surface area contributed by atoms with Crippen LogP contribution in [0.15, 0.2) is 20.8 Å². The lowest BCUT2D eigenvalue weighted by atomic mass is 10.1. The molecule has 1 aromatic carbocycles. The predicted molar refractivity (Wildman–Crippen MR) is 69.8 cm³/mol. The van der Waals surface area contributed by atoms with Crippen molar-refractivity contribution < 1.29 is 58.7 Å². The molecule has 0 aliphatic heterocycles. The van der Waals surface area contributed by atoms with Gasteiger partial charge >= 0.3 is 11.9 Å². The Morgan fingerprint density at radius 2 is 1.12 bits per heavy atom. The predicted octanol–water partition coefficient (Wildman–Crippen LogP) is -1.18. The molecule has 24 heavy (non-hydrogen) atoms. The average Bonchev–Trinajstić information content (AvgIpc) is 2.32. The molecule has 0 aliphatic rings. The van der Waals surface area contributed by atoms with Crippen LogP contribution in [0.2, 0.25) is 0 Å². The summed E-state index contributed by atoms with van der Waals surface area (Å²) in [5.74, 6) is -4.61. The van der Waals surface area contributed by atoms with Crippen LogP contribution >= 0.6 is 0 Å². The van der Waals surface area contributed by atoms with E-state index in [0.29, 0.717) is 0 Å². The lowest BCUT2D eigenvalue weighted by Gasteiger charge is -2.14. The minimum absolute atomic E-state index is 0.196. The molecule has 0 aliphatic carbocycles. The van der Waals surface area contributed by atoms with Crippen LogP contribution in [0.5, 0.6) is 0 Å². The summed E-state index contributed by atoms with van der Waals surface area (Å²) in [6, 6.07) is -0.196. The quantitative estimate of drug-likeness (QED) is 0.362. The summed E-state index contributed by atoms with van der Waals surface area (Å²) in [4.78, 5) is 15.7. The van der Waals surface area contributed by atoms with Gasteiger partial charge in [0.2, 0.25) is 0 Å². The molecule has 0 bridgehead atoms. The van der Waals surface area contributed by atoms with E-state index in [2.05, 4.69) is 0 Å². The van der Waals surface area contributed by atoms with E-state index in [1.165, 1.54) is 0 Å². The van der Waals surface area contributed by atoms with Gasteiger partial charge in [0.1, 0.15) is 14.7 Å². The SMILES string of the molecule is O=C(O)c1cc(S(=O)(=O)O)c(S(=O)(=O)O)c(S(=O)(=O)O)c1C(=O)O. The molecule has 134 valence electrons. The van der Waals surface area contributed by atoms with Gasteiger partial charge in [-0.25, -0.2) is 9.59 Å². The highest BCUT2D eigenvalue weighted by atomic mass is 32.2. The Morgan fingerprint density at radius 3 is 1.38 bits per heavy atom. The summed E-state index contributed by atoms with van der Waals surface area (Å²) in [7, 11) is -17.4. The standard InChI is InChI=1S/C8H6O13S3/c9-7(10)2-1-3(22(13,14)15)5(23(16,17)18)6(24(19,20)21)4(2)8(11)12/h1H,(H,9,10)(H,11,12)(H,13,14,15)(H,16,17,18)(H,19,20,21). The number of carboxylic acids is 2. The number of aromatic carboxylic acids is 2. The first-order valence-electron chi connectivity index (χ1n) is 5.09. The highest BCUT2D eigenvalue weighted by Gasteiger charge is 2.40. The lowest BCUT2D eigenvalue weighted by molar-refractivity contribution is 0.0646. The highest BCUT2D eigenvalue weighted by molar-refractivity contribution is 7.90. The fraction of sp³-hybridized carbons (Fsp3) is 0. The molecule has 0 aromatic heterocycles. The van der Waals surface area contributed by atoms with E-state index >= 15 is 0 Å². The Hall–Kier alpha value is -2.11. The molecule has 0 radical (unpaired) electrons. The van der Waals surface area contributed by atoms with Crippen molar-refractivity contribution in [3.05, 3.63) is 17.2 Å². The first-order valence-corrected chi connectivity index (χ1v) is 9.41. The van der Waals surface area contributed by atoms with Gasteiger partial charge in [0.15, 0.2) is 0 Å². The van der Waals surface area contributed by atoms with Gasteiger partial charge < -0.3 is 10.2 Å². The van der Waals surface area contributed by atoms with Crippen LogP contribution in [-0.4, -0.2) is 61.1 Å². The highest BCUT2D eigenvalue weighted by Crippen LogP contribution is 2.34. The van der Waals surface area contributed by atoms with Gasteiger partial charge in [0.25, 0.3) is 30.4 Å². The van der Waals surface area contributed by atoms with Crippen molar-refractivity contribution in [3.63, 3.8) is 0 Å². The molecule has 1 rings (SSSR count). The number of hydrogen-bond acceptors (Lipinski definition) is 8. The minimum Gasteiger partial charge on any atom is -0.478 e. The number of rotatable bonds is 5. The van der Waals surface area contributed by atoms with Crippen LogP contribution in [0.1, 0.15) is 20.7 Å². The third-order valence-corrected chi connectivity index (χ3v) is 5.44. The number of carbonyl (C=O) groups is 2. The summed E-state index contributed by atoms with van der Waals surface area (Å²) in [5.41, 5.74) is -3.43. The Balaban J connectivity index is 4.58. The summed E-state index contributed by atoms with van der Waals surface area (Å²) < 4.78 is 94.6. The topological polar surface area (TPSA) is 238 Å². The van der Waals surface area contributed by atoms with Gasteiger partial charge in [-0.05, 0) is 6.07 Å². The van der Waals surface area contributed by atoms with Crippen LogP contribution in [0.25, 0.3) is 0 Å². The summed E-state index contributed by atoms with van der Waals surface area (Å²) in [5, 5.41) is 17.8. The van der Waals surface area contributed by atoms with Gasteiger partial charge in [0.05, 0.1) is 11.1 Å². The van der Waals surface area contributed by atoms with Crippen LogP contribution in [0, 0.1) is 0 Å². The van der Waals surface area contributed by atoms with Crippen molar-refractivity contribution in [1.29, 1.82) is 0 Å². The van der Waals surface area contributed by atoms with Gasteiger partial charge in [-0.3, -0.25) is 13.7 Å². The smallest absolute Gasteiger partial charge is 0.338 e. The van der Waals surface area contributed by atoms with E-state index in [9.17, 15) is 34.8 Å². The van der Waals surface area contributed by atoms with Gasteiger partial charge in [-0.2, -0.15) is 25.3 Å². The van der Waals surface area contributed by atoms with E-state index < -0.39 is 68.1 Å². The van der Waals surface area contributed by atoms with Gasteiger partial charge in [-0.15, -0.1) is 0 Å². The normalized spacial score (nSPS) is 12.8. The first-order chi connectivity index (χ1) is 10.5. The zero-order chi connectivity index (χ0) is 19.2. The molecule has 0 atom stereocenters. The van der Waals surface area contributed by atoms with E-state index in [0.717, 1.165) is 0 Å². The summed E-state index contributed by atoms with van der Waals surface area (Å²) in [6.07, 6.45) is 0. The van der Waals surface area contributed by atoms with Crippen LogP contribution in [0.4, 0.5) is 0 Å². The molecule has 5 N–H and O–H groups in total. The molecule has 0 saturated heterocycles. The van der Waals surface area contributed by atoms with Crippen LogP contribution < -0.4 is 0 Å². The molecule has 0 unspecified atom stereocenters. The largest absolute Gasteiger partial charge is 0.478 e. The summed E-state index contributed by atoms with van der Waals surface area (Å²) >= 11 is 0. The van der Waals surface area contributed by atoms with Crippen molar-refractivity contribution in [1.82, 2.24) is 0 Å². The second-order valence-corrected chi connectivity index (χ2v) is 8.10. The van der Waals surface area contributed by atoms with Gasteiger partial charge in [0, 0.05) is 0 Å². The van der Waals surface area contributed by atoms with E-state index in [1.54, 1.807) is 0 Å². The van der Waals surface area contributed by atoms with Crippen molar-refractivity contribution in [2.24, 2.45) is 0 Å². The third-order valence-electron chi connectivity index (χ3n) is 2.44. The molecule has 0 saturated carbocycles. The third kappa shape index (κ3) is 3.68. The fourth-order valence-corrected chi connectivity index (χ4v) is 5.06. The molecule has 16 heteroatoms. The molecule has 0 fully saturated rings. The fourth-order valence-electron chi connectivity index (χ4n) is 1.68. The number of benzene rings is 1. The van der Waals surface area contributed by atoms with E-state index in [-0.39, 0.29) is 6.07 Å². The van der Waals surface area contributed by atoms with Crippen molar-refractivity contribution >= 4 is 42.3 Å². The zero-order valence-electron chi connectivity index (χ0n) is 10.8. The number of carboxylic acid groups (broad SMARTS) is 2. The summed E-state index contributed by atoms with van der Waals surface area (Å²) in [6.45, 7) is 0. The maximum Gasteiger partial charge on any atom is 0.338 e. The second kappa shape index (κ2) is 5.76. The molecule has 0 amide bonds. The Labute approximate surface area is 133 Å². The molecule has 0 spiro atoms. The van der Waals surface area contributed by atoms with Crippen LogP contribution in [0.3, 0.4) is 0 Å². The first kappa shape index (κ1) is 19.9. The maximum absolute atomic E-state index is 11.3. The molecule has 0 heterocycles. The zero-order valence-corrected chi connectivity index (χ0v) is 13.3. The Kier molecular flexibility index (Phi) is 4.78. The van der Waals surface area contributed by atoms with Crippen molar-refractivity contribution in [2.75, 3.05) is 0 Å². The molecular formula is C8H6O13S3. The minimum atomic E-state index is -5.89. The monoisotopic (exact) mass is 406 g/mol. The van der Waals surface area contributed by atoms with E-state index in [4.69, 9.17) is 23.9 Å². The van der Waals surface area contributed by atoms with Crippen molar-refractivity contribution in [3.8, 4) is 0 Å². The molecule has 13 nitrogen and oxygen atoms in total. The lowest BCUT2D eigenvalue weighted by Crippen LogP contribution is -2.22. The average molecular weight is 406 g/mol. The second-order valence-electron chi connectivity index (χ2n) is 3.99. The van der Waals surface area contributed by atoms with Crippen molar-refractivity contribution in [2.45, 2.75) is 14.7 Å². The number of hydrogen-bond donors (Lipinski definition) is 5. The molecule has 1 aromatic rings. The maximum atomic E-state index is 11.3. The molecular weight excluding hydrogens is 400 g/mol. The van der Waals surface area contributed by atoms with E-state index in [1.807, 2.05) is 0 Å². The Morgan fingerprint density at radius 1 is 0.708 bits per heavy atom. The van der Waals surface area contributed by atoms with Gasteiger partial charge in [-0.1, -0.05) is 0 Å². The van der Waals surface area contributed by atoms with Crippen LogP contribution in [-0.2, 0) is 30.4 Å².